The van der Waals surface area contributed by atoms with Crippen LogP contribution in [-0.2, 0) is 0 Å². The highest BCUT2D eigenvalue weighted by Gasteiger charge is 2.05. The highest BCUT2D eigenvalue weighted by Crippen LogP contribution is 2.22. The van der Waals surface area contributed by atoms with E-state index >= 15 is 0 Å². The SMILES string of the molecule is Cc1ccc(-c2cn3cc(Br)ccc3n2)cc1C. The number of fused-ring (bicyclic) bond motifs is 1. The Labute approximate surface area is 114 Å². The van der Waals surface area contributed by atoms with Gasteiger partial charge in [-0.2, -0.15) is 0 Å². The van der Waals surface area contributed by atoms with Crippen molar-refractivity contribution in [1.29, 1.82) is 0 Å². The van der Waals surface area contributed by atoms with E-state index in [9.17, 15) is 0 Å². The van der Waals surface area contributed by atoms with Gasteiger partial charge in [0.05, 0.1) is 5.69 Å². The lowest BCUT2D eigenvalue weighted by molar-refractivity contribution is 1.17. The third kappa shape index (κ3) is 1.95. The fourth-order valence-electron chi connectivity index (χ4n) is 2.00. The average molecular weight is 301 g/mol. The quantitative estimate of drug-likeness (QED) is 0.652. The third-order valence-corrected chi connectivity index (χ3v) is 3.69. The lowest BCUT2D eigenvalue weighted by Gasteiger charge is -2.01. The number of hydrogen-bond donors (Lipinski definition) is 0. The lowest BCUT2D eigenvalue weighted by Crippen LogP contribution is -1.83. The van der Waals surface area contributed by atoms with Gasteiger partial charge in [-0.05, 0) is 59.1 Å². The van der Waals surface area contributed by atoms with E-state index in [0.29, 0.717) is 0 Å². The smallest absolute Gasteiger partial charge is 0.137 e. The van der Waals surface area contributed by atoms with Gasteiger partial charge in [-0.15, -0.1) is 0 Å². The highest BCUT2D eigenvalue weighted by molar-refractivity contribution is 9.10. The van der Waals surface area contributed by atoms with Crippen molar-refractivity contribution in [2.45, 2.75) is 13.8 Å². The number of pyridine rings is 1. The maximum absolute atomic E-state index is 4.64. The number of imidazole rings is 1. The summed E-state index contributed by atoms with van der Waals surface area (Å²) in [5.74, 6) is 0. The molecule has 0 amide bonds. The molecule has 90 valence electrons. The summed E-state index contributed by atoms with van der Waals surface area (Å²) in [6.07, 6.45) is 4.08. The molecule has 0 aliphatic rings. The molecule has 0 aliphatic carbocycles. The molecule has 2 heterocycles. The van der Waals surface area contributed by atoms with Gasteiger partial charge in [-0.25, -0.2) is 4.98 Å². The zero-order valence-electron chi connectivity index (χ0n) is 10.3. The number of hydrogen-bond acceptors (Lipinski definition) is 1. The first-order valence-corrected chi connectivity index (χ1v) is 6.65. The maximum atomic E-state index is 4.64. The summed E-state index contributed by atoms with van der Waals surface area (Å²) in [7, 11) is 0. The van der Waals surface area contributed by atoms with Crippen molar-refractivity contribution < 1.29 is 0 Å². The summed E-state index contributed by atoms with van der Waals surface area (Å²) in [5.41, 5.74) is 5.75. The molecule has 2 aromatic heterocycles. The van der Waals surface area contributed by atoms with Gasteiger partial charge in [0, 0.05) is 22.4 Å². The zero-order valence-corrected chi connectivity index (χ0v) is 11.9. The number of halogens is 1. The number of benzene rings is 1. The molecular formula is C15H13BrN2. The summed E-state index contributed by atoms with van der Waals surface area (Å²) >= 11 is 3.47. The second-order valence-electron chi connectivity index (χ2n) is 4.54. The Morgan fingerprint density at radius 3 is 2.61 bits per heavy atom. The molecule has 3 aromatic rings. The summed E-state index contributed by atoms with van der Waals surface area (Å²) in [4.78, 5) is 4.64. The van der Waals surface area contributed by atoms with E-state index in [2.05, 4.69) is 59.2 Å². The number of aromatic nitrogens is 2. The number of rotatable bonds is 1. The number of aryl methyl sites for hydroxylation is 2. The first kappa shape index (κ1) is 11.5. The van der Waals surface area contributed by atoms with E-state index in [4.69, 9.17) is 0 Å². The van der Waals surface area contributed by atoms with Gasteiger partial charge in [-0.1, -0.05) is 12.1 Å². The van der Waals surface area contributed by atoms with E-state index in [1.807, 2.05) is 22.7 Å². The van der Waals surface area contributed by atoms with Crippen molar-refractivity contribution in [3.05, 3.63) is 58.3 Å². The zero-order chi connectivity index (χ0) is 12.7. The first-order valence-electron chi connectivity index (χ1n) is 5.85. The van der Waals surface area contributed by atoms with Gasteiger partial charge >= 0.3 is 0 Å². The number of nitrogens with zero attached hydrogens (tertiary/aromatic N) is 2. The van der Waals surface area contributed by atoms with Crippen LogP contribution in [0.1, 0.15) is 11.1 Å². The summed E-state index contributed by atoms with van der Waals surface area (Å²) in [5, 5.41) is 0. The normalized spacial score (nSPS) is 11.1. The molecule has 3 heteroatoms. The molecule has 0 saturated heterocycles. The molecule has 0 saturated carbocycles. The second-order valence-corrected chi connectivity index (χ2v) is 5.45. The summed E-state index contributed by atoms with van der Waals surface area (Å²) in [6.45, 7) is 4.26. The van der Waals surface area contributed by atoms with Gasteiger partial charge < -0.3 is 4.40 Å². The van der Waals surface area contributed by atoms with Gasteiger partial charge in [-0.3, -0.25) is 0 Å². The Bertz CT molecular complexity index is 728. The van der Waals surface area contributed by atoms with E-state index in [-0.39, 0.29) is 0 Å². The minimum atomic E-state index is 0.964. The monoisotopic (exact) mass is 300 g/mol. The maximum Gasteiger partial charge on any atom is 0.137 e. The molecule has 0 radical (unpaired) electrons. The summed E-state index contributed by atoms with van der Waals surface area (Å²) < 4.78 is 3.09. The fraction of sp³-hybridized carbons (Fsp3) is 0.133. The molecule has 0 atom stereocenters. The van der Waals surface area contributed by atoms with Crippen molar-refractivity contribution in [2.75, 3.05) is 0 Å². The molecule has 0 spiro atoms. The van der Waals surface area contributed by atoms with Crippen molar-refractivity contribution in [3.63, 3.8) is 0 Å². The van der Waals surface area contributed by atoms with Crippen molar-refractivity contribution in [3.8, 4) is 11.3 Å². The molecule has 0 N–H and O–H groups in total. The van der Waals surface area contributed by atoms with Crippen LogP contribution in [0.3, 0.4) is 0 Å². The van der Waals surface area contributed by atoms with Crippen molar-refractivity contribution in [2.24, 2.45) is 0 Å². The molecule has 0 bridgehead atoms. The Kier molecular flexibility index (Phi) is 2.71. The standard InChI is InChI=1S/C15H13BrN2/c1-10-3-4-12(7-11(10)2)14-9-18-8-13(16)5-6-15(18)17-14/h3-9H,1-2H3. The van der Waals surface area contributed by atoms with Crippen LogP contribution >= 0.6 is 15.9 Å². The van der Waals surface area contributed by atoms with E-state index in [1.165, 1.54) is 11.1 Å². The molecule has 0 fully saturated rings. The van der Waals surface area contributed by atoms with E-state index in [1.54, 1.807) is 0 Å². The van der Waals surface area contributed by atoms with E-state index < -0.39 is 0 Å². The van der Waals surface area contributed by atoms with E-state index in [0.717, 1.165) is 21.4 Å². The molecule has 0 aliphatic heterocycles. The van der Waals surface area contributed by atoms with Crippen LogP contribution in [-0.4, -0.2) is 9.38 Å². The van der Waals surface area contributed by atoms with Crippen LogP contribution in [0.15, 0.2) is 47.2 Å². The van der Waals surface area contributed by atoms with Crippen molar-refractivity contribution >= 4 is 21.6 Å². The molecule has 18 heavy (non-hydrogen) atoms. The van der Waals surface area contributed by atoms with Gasteiger partial charge in [0.25, 0.3) is 0 Å². The Hall–Kier alpha value is -1.61. The molecular weight excluding hydrogens is 288 g/mol. The van der Waals surface area contributed by atoms with Crippen LogP contribution in [0.5, 0.6) is 0 Å². The van der Waals surface area contributed by atoms with Gasteiger partial charge in [0.1, 0.15) is 5.65 Å². The Balaban J connectivity index is 2.16. The molecule has 2 nitrogen and oxygen atoms in total. The van der Waals surface area contributed by atoms with Crippen LogP contribution in [0, 0.1) is 13.8 Å². The predicted octanol–water partition coefficient (Wildman–Crippen LogP) is 4.38. The second kappa shape index (κ2) is 4.25. The van der Waals surface area contributed by atoms with Gasteiger partial charge in [0.2, 0.25) is 0 Å². The highest BCUT2D eigenvalue weighted by atomic mass is 79.9. The molecule has 1 aromatic carbocycles. The van der Waals surface area contributed by atoms with Crippen LogP contribution in [0.4, 0.5) is 0 Å². The summed E-state index contributed by atoms with van der Waals surface area (Å²) in [6, 6.07) is 10.5. The predicted molar refractivity (Wildman–Crippen MR) is 77.8 cm³/mol. The Morgan fingerprint density at radius 1 is 1.00 bits per heavy atom. The topological polar surface area (TPSA) is 17.3 Å². The largest absolute Gasteiger partial charge is 0.305 e. The molecule has 3 rings (SSSR count). The van der Waals surface area contributed by atoms with Crippen LogP contribution < -0.4 is 0 Å². The average Bonchev–Trinajstić information content (AvgIpc) is 2.75. The van der Waals surface area contributed by atoms with Crippen LogP contribution in [0.25, 0.3) is 16.9 Å². The minimum Gasteiger partial charge on any atom is -0.305 e. The van der Waals surface area contributed by atoms with Gasteiger partial charge in [0.15, 0.2) is 0 Å². The molecule has 0 unspecified atom stereocenters. The minimum absolute atomic E-state index is 0.964. The fourth-order valence-corrected chi connectivity index (χ4v) is 2.36. The van der Waals surface area contributed by atoms with Crippen LogP contribution in [0.2, 0.25) is 0 Å². The third-order valence-electron chi connectivity index (χ3n) is 3.22. The Morgan fingerprint density at radius 2 is 1.83 bits per heavy atom. The van der Waals surface area contributed by atoms with Crippen molar-refractivity contribution in [1.82, 2.24) is 9.38 Å². The first-order chi connectivity index (χ1) is 8.63. The lowest BCUT2D eigenvalue weighted by atomic mass is 10.1.